The number of carbonyl (C=O) groups is 1. The van der Waals surface area contributed by atoms with Crippen LogP contribution in [0.15, 0.2) is 71.2 Å². The number of hydrogen-bond acceptors (Lipinski definition) is 9. The van der Waals surface area contributed by atoms with Gasteiger partial charge in [-0.15, -0.1) is 16.4 Å². The molecular weight excluding hydrogens is 502 g/mol. The van der Waals surface area contributed by atoms with Crippen LogP contribution in [0.1, 0.15) is 30.3 Å². The lowest BCUT2D eigenvalue weighted by atomic mass is 10.1. The number of sulfonamides is 1. The Balaban J connectivity index is 1.49. The van der Waals surface area contributed by atoms with E-state index >= 15 is 0 Å². The minimum Gasteiger partial charge on any atom is -0.497 e. The van der Waals surface area contributed by atoms with Crippen molar-refractivity contribution in [3.8, 4) is 16.3 Å². The molecule has 4 rings (SSSR count). The summed E-state index contributed by atoms with van der Waals surface area (Å²) in [5.41, 5.74) is 1.94. The minimum atomic E-state index is -3.82. The van der Waals surface area contributed by atoms with Gasteiger partial charge in [-0.25, -0.2) is 22.6 Å². The van der Waals surface area contributed by atoms with E-state index in [1.807, 2.05) is 24.3 Å². The van der Waals surface area contributed by atoms with Crippen LogP contribution < -0.4 is 9.46 Å². The smallest absolute Gasteiger partial charge is 0.331 e. The zero-order valence-corrected chi connectivity index (χ0v) is 21.5. The number of pyridine rings is 1. The number of rotatable bonds is 10. The van der Waals surface area contributed by atoms with Crippen molar-refractivity contribution in [2.75, 3.05) is 14.2 Å². The van der Waals surface area contributed by atoms with Crippen molar-refractivity contribution in [3.05, 3.63) is 78.2 Å². The van der Waals surface area contributed by atoms with Crippen LogP contribution >= 0.6 is 11.3 Å². The van der Waals surface area contributed by atoms with Crippen molar-refractivity contribution in [1.82, 2.24) is 24.7 Å². The number of thiophene rings is 1. The molecule has 3 heterocycles. The van der Waals surface area contributed by atoms with Crippen molar-refractivity contribution in [2.24, 2.45) is 0 Å². The first-order valence-electron chi connectivity index (χ1n) is 11.0. The summed E-state index contributed by atoms with van der Waals surface area (Å²) in [7, 11) is -0.938. The van der Waals surface area contributed by atoms with Crippen LogP contribution in [-0.2, 0) is 26.0 Å². The fourth-order valence-corrected chi connectivity index (χ4v) is 6.03. The van der Waals surface area contributed by atoms with E-state index in [9.17, 15) is 13.2 Å². The molecule has 188 valence electrons. The fraction of sp³-hybridized carbons (Fsp3) is 0.250. The summed E-state index contributed by atoms with van der Waals surface area (Å²) in [6.07, 6.45) is 3.51. The Hall–Kier alpha value is -3.61. The Morgan fingerprint density at radius 1 is 1.11 bits per heavy atom. The Morgan fingerprint density at radius 2 is 1.89 bits per heavy atom. The number of esters is 1. The lowest BCUT2D eigenvalue weighted by Crippen LogP contribution is -2.26. The molecule has 0 aliphatic rings. The number of aromatic nitrogens is 4. The van der Waals surface area contributed by atoms with Crippen molar-refractivity contribution in [1.29, 1.82) is 0 Å². The van der Waals surface area contributed by atoms with E-state index in [2.05, 4.69) is 20.0 Å². The van der Waals surface area contributed by atoms with Gasteiger partial charge in [-0.1, -0.05) is 23.4 Å². The molecule has 0 radical (unpaired) electrons. The Bertz CT molecular complexity index is 1420. The van der Waals surface area contributed by atoms with Crippen molar-refractivity contribution >= 4 is 27.3 Å². The SMILES string of the molecule is COC(=O)[C@H](Cc1ccc(OC)cc1)n1cc([C@@H](C)NS(=O)(=O)c2ccc(-c3ccccn3)s2)nn1. The molecule has 0 aliphatic carbocycles. The number of carbonyl (C=O) groups excluding carboxylic acids is 1. The van der Waals surface area contributed by atoms with E-state index in [-0.39, 0.29) is 4.21 Å². The molecule has 12 heteroatoms. The van der Waals surface area contributed by atoms with Crippen LogP contribution in [0.25, 0.3) is 10.6 Å². The molecule has 0 saturated heterocycles. The molecule has 0 fully saturated rings. The molecule has 1 N–H and O–H groups in total. The van der Waals surface area contributed by atoms with Gasteiger partial charge in [0.1, 0.15) is 15.7 Å². The molecule has 0 aliphatic heterocycles. The highest BCUT2D eigenvalue weighted by atomic mass is 32.2. The summed E-state index contributed by atoms with van der Waals surface area (Å²) in [5, 5.41) is 8.19. The summed E-state index contributed by atoms with van der Waals surface area (Å²) >= 11 is 1.13. The molecular formula is C24H25N5O5S2. The van der Waals surface area contributed by atoms with Gasteiger partial charge in [0.05, 0.1) is 37.0 Å². The van der Waals surface area contributed by atoms with E-state index in [1.165, 1.54) is 11.8 Å². The van der Waals surface area contributed by atoms with Crippen LogP contribution in [0.3, 0.4) is 0 Å². The third-order valence-electron chi connectivity index (χ3n) is 5.45. The zero-order valence-electron chi connectivity index (χ0n) is 19.9. The molecule has 0 amide bonds. The third-order valence-corrected chi connectivity index (χ3v) is 8.59. The molecule has 10 nitrogen and oxygen atoms in total. The molecule has 2 atom stereocenters. The molecule has 36 heavy (non-hydrogen) atoms. The van der Waals surface area contributed by atoms with Crippen molar-refractivity contribution in [3.63, 3.8) is 0 Å². The lowest BCUT2D eigenvalue weighted by Gasteiger charge is -2.15. The summed E-state index contributed by atoms with van der Waals surface area (Å²) in [4.78, 5) is 17.5. The molecule has 1 aromatic carbocycles. The predicted molar refractivity (Wildman–Crippen MR) is 134 cm³/mol. The minimum absolute atomic E-state index is 0.161. The first kappa shape index (κ1) is 25.5. The van der Waals surface area contributed by atoms with Gasteiger partial charge in [-0.3, -0.25) is 4.98 Å². The van der Waals surface area contributed by atoms with Crippen molar-refractivity contribution < 1.29 is 22.7 Å². The summed E-state index contributed by atoms with van der Waals surface area (Å²) in [6.45, 7) is 1.66. The molecule has 0 bridgehead atoms. The van der Waals surface area contributed by atoms with E-state index in [0.29, 0.717) is 23.6 Å². The largest absolute Gasteiger partial charge is 0.497 e. The average Bonchev–Trinajstić information content (AvgIpc) is 3.59. The highest BCUT2D eigenvalue weighted by Gasteiger charge is 2.26. The standard InChI is InChI=1S/C24H25N5O5S2/c1-16(27-36(31,32)23-12-11-22(35-23)19-6-4-5-13-25-19)20-15-29(28-26-20)21(24(30)34-3)14-17-7-9-18(33-2)10-8-17/h4-13,15-16,21,27H,14H2,1-3H3/t16-,21+/m1/s1. The number of benzene rings is 1. The maximum absolute atomic E-state index is 13.0. The topological polar surface area (TPSA) is 125 Å². The normalized spacial score (nSPS) is 13.2. The van der Waals surface area contributed by atoms with Crippen LogP contribution in [0, 0.1) is 0 Å². The van der Waals surface area contributed by atoms with Gasteiger partial charge < -0.3 is 9.47 Å². The highest BCUT2D eigenvalue weighted by Crippen LogP contribution is 2.30. The van der Waals surface area contributed by atoms with Crippen LogP contribution in [-0.4, -0.2) is 48.6 Å². The second kappa shape index (κ2) is 11.0. The predicted octanol–water partition coefficient (Wildman–Crippen LogP) is 3.41. The second-order valence-electron chi connectivity index (χ2n) is 7.89. The third kappa shape index (κ3) is 5.78. The first-order chi connectivity index (χ1) is 17.3. The fourth-order valence-electron chi connectivity index (χ4n) is 3.51. The van der Waals surface area contributed by atoms with Gasteiger partial charge in [0, 0.05) is 12.6 Å². The number of nitrogens with one attached hydrogen (secondary N) is 1. The quantitative estimate of drug-likeness (QED) is 0.311. The molecule has 0 spiro atoms. The monoisotopic (exact) mass is 527 g/mol. The lowest BCUT2D eigenvalue weighted by molar-refractivity contribution is -0.144. The Kier molecular flexibility index (Phi) is 7.77. The van der Waals surface area contributed by atoms with Gasteiger partial charge in [0.15, 0.2) is 6.04 Å². The molecule has 4 aromatic rings. The highest BCUT2D eigenvalue weighted by molar-refractivity contribution is 7.91. The zero-order chi connectivity index (χ0) is 25.7. The summed E-state index contributed by atoms with van der Waals surface area (Å²) in [5.74, 6) is 0.214. The summed E-state index contributed by atoms with van der Waals surface area (Å²) in [6, 6.07) is 14.6. The Labute approximate surface area is 213 Å². The molecule has 0 saturated carbocycles. The van der Waals surface area contributed by atoms with Gasteiger partial charge >= 0.3 is 5.97 Å². The maximum atomic E-state index is 13.0. The number of hydrogen-bond donors (Lipinski definition) is 1. The van der Waals surface area contributed by atoms with E-state index in [1.54, 1.807) is 56.8 Å². The maximum Gasteiger partial charge on any atom is 0.331 e. The van der Waals surface area contributed by atoms with Crippen LogP contribution in [0.5, 0.6) is 5.75 Å². The van der Waals surface area contributed by atoms with Crippen LogP contribution in [0.4, 0.5) is 0 Å². The van der Waals surface area contributed by atoms with Gasteiger partial charge in [-0.2, -0.15) is 0 Å². The van der Waals surface area contributed by atoms with Crippen molar-refractivity contribution in [2.45, 2.75) is 29.6 Å². The van der Waals surface area contributed by atoms with Gasteiger partial charge in [-0.05, 0) is 48.9 Å². The van der Waals surface area contributed by atoms with E-state index < -0.39 is 28.1 Å². The molecule has 3 aromatic heterocycles. The molecule has 0 unspecified atom stereocenters. The van der Waals surface area contributed by atoms with Gasteiger partial charge in [0.25, 0.3) is 10.0 Å². The number of nitrogens with zero attached hydrogens (tertiary/aromatic N) is 4. The van der Waals surface area contributed by atoms with Gasteiger partial charge in [0.2, 0.25) is 0 Å². The first-order valence-corrected chi connectivity index (χ1v) is 13.3. The average molecular weight is 528 g/mol. The number of ether oxygens (including phenoxy) is 2. The number of methoxy groups -OCH3 is 2. The van der Waals surface area contributed by atoms with E-state index in [4.69, 9.17) is 9.47 Å². The van der Waals surface area contributed by atoms with Crippen LogP contribution in [0.2, 0.25) is 0 Å². The summed E-state index contributed by atoms with van der Waals surface area (Å²) < 4.78 is 40.3. The van der Waals surface area contributed by atoms with E-state index in [0.717, 1.165) is 21.8 Å². The second-order valence-corrected chi connectivity index (χ2v) is 10.9. The Morgan fingerprint density at radius 3 is 2.56 bits per heavy atom.